The summed E-state index contributed by atoms with van der Waals surface area (Å²) < 4.78 is 34.0. The normalized spacial score (nSPS) is 44.4. The van der Waals surface area contributed by atoms with Crippen LogP contribution in [0.1, 0.15) is 60.6 Å². The molecule has 5 aliphatic rings. The number of fused-ring (bicyclic) bond motifs is 6. The standard InChI is InChI=1S/C23H24O10/c1-8-10-6-14(29-9(2)24)23-19(33-23)13(31-21(23)27)7-22(3)18(32-22)12-5-11(20(26)28-4)17(30-12)15(10)16(8)25/h5,10,13-16,18-19,25H,1,6-7H2,2-4H3/t10-,13+,14+,15+,16-,18-,19-,22-,23-/m0/s1. The average Bonchev–Trinajstić information content (AvgIpc) is 3.59. The second-order valence-corrected chi connectivity index (χ2v) is 9.69. The summed E-state index contributed by atoms with van der Waals surface area (Å²) in [6.45, 7) is 7.08. The first-order chi connectivity index (χ1) is 15.6. The molecule has 4 bridgehead atoms. The maximum absolute atomic E-state index is 12.9. The average molecular weight is 460 g/mol. The number of ether oxygens (including phenoxy) is 5. The van der Waals surface area contributed by atoms with E-state index < -0.39 is 71.5 Å². The van der Waals surface area contributed by atoms with Gasteiger partial charge in [-0.3, -0.25) is 4.79 Å². The fourth-order valence-corrected chi connectivity index (χ4v) is 5.89. The predicted octanol–water partition coefficient (Wildman–Crippen LogP) is 1.32. The van der Waals surface area contributed by atoms with Crippen molar-refractivity contribution in [1.29, 1.82) is 0 Å². The third kappa shape index (κ3) is 2.68. The van der Waals surface area contributed by atoms with Crippen LogP contribution in [0.25, 0.3) is 0 Å². The van der Waals surface area contributed by atoms with Gasteiger partial charge < -0.3 is 33.2 Å². The number of carbonyl (C=O) groups excluding carboxylic acids is 3. The minimum Gasteiger partial charge on any atom is -0.465 e. The summed E-state index contributed by atoms with van der Waals surface area (Å²) in [4.78, 5) is 37.4. The molecule has 3 saturated heterocycles. The van der Waals surface area contributed by atoms with Crippen LogP contribution in [0.5, 0.6) is 0 Å². The van der Waals surface area contributed by atoms with Crippen molar-refractivity contribution in [2.45, 2.75) is 74.3 Å². The van der Waals surface area contributed by atoms with Crippen LogP contribution in [-0.2, 0) is 33.3 Å². The highest BCUT2D eigenvalue weighted by atomic mass is 16.7. The first-order valence-electron chi connectivity index (χ1n) is 10.9. The molecule has 9 atom stereocenters. The number of esters is 3. The third-order valence-corrected chi connectivity index (χ3v) is 7.72. The fraction of sp³-hybridized carbons (Fsp3) is 0.609. The molecule has 4 fully saturated rings. The SMILES string of the molecule is C=C1[C@H](O)[C@@H]2c3oc(cc3C(=O)OC)[C@@H]3O[C@@]3(C)C[C@H]3OC(=O)[C@]4(O[C@@H]34)[C@H](OC(C)=O)C[C@@H]12. The Morgan fingerprint density at radius 1 is 1.30 bits per heavy atom. The molecular weight excluding hydrogens is 436 g/mol. The molecule has 1 aromatic rings. The molecule has 33 heavy (non-hydrogen) atoms. The summed E-state index contributed by atoms with van der Waals surface area (Å²) in [5, 5.41) is 10.8. The number of furan rings is 1. The van der Waals surface area contributed by atoms with Crippen molar-refractivity contribution in [2.75, 3.05) is 7.11 Å². The van der Waals surface area contributed by atoms with Gasteiger partial charge in [0.2, 0.25) is 5.60 Å². The van der Waals surface area contributed by atoms with E-state index in [1.165, 1.54) is 14.0 Å². The molecular formula is C23H24O10. The van der Waals surface area contributed by atoms with E-state index >= 15 is 0 Å². The van der Waals surface area contributed by atoms with Crippen molar-refractivity contribution < 1.29 is 47.6 Å². The number of rotatable bonds is 2. The fourth-order valence-electron chi connectivity index (χ4n) is 5.89. The Hall–Kier alpha value is -2.69. The lowest BCUT2D eigenvalue weighted by atomic mass is 9.62. The van der Waals surface area contributed by atoms with Gasteiger partial charge in [-0.05, 0) is 30.9 Å². The van der Waals surface area contributed by atoms with Crippen LogP contribution in [0, 0.1) is 5.92 Å². The Morgan fingerprint density at radius 3 is 2.73 bits per heavy atom. The second-order valence-electron chi connectivity index (χ2n) is 9.69. The summed E-state index contributed by atoms with van der Waals surface area (Å²) >= 11 is 0. The number of carbonyl (C=O) groups is 3. The predicted molar refractivity (Wildman–Crippen MR) is 106 cm³/mol. The molecule has 10 heteroatoms. The first kappa shape index (κ1) is 20.9. The Bertz CT molecular complexity index is 1100. The quantitative estimate of drug-likeness (QED) is 0.298. The van der Waals surface area contributed by atoms with Crippen molar-refractivity contribution in [3.05, 3.63) is 35.3 Å². The van der Waals surface area contributed by atoms with Gasteiger partial charge in [0.1, 0.15) is 47.1 Å². The molecule has 4 aliphatic heterocycles. The van der Waals surface area contributed by atoms with Gasteiger partial charge in [0.25, 0.3) is 0 Å². The van der Waals surface area contributed by atoms with Gasteiger partial charge in [-0.1, -0.05) is 6.58 Å². The van der Waals surface area contributed by atoms with Gasteiger partial charge >= 0.3 is 17.9 Å². The lowest BCUT2D eigenvalue weighted by molar-refractivity contribution is -0.166. The zero-order chi connectivity index (χ0) is 23.4. The highest BCUT2D eigenvalue weighted by molar-refractivity contribution is 5.91. The van der Waals surface area contributed by atoms with Crippen LogP contribution in [0.3, 0.4) is 0 Å². The van der Waals surface area contributed by atoms with E-state index in [1.54, 1.807) is 6.07 Å². The van der Waals surface area contributed by atoms with Crippen molar-refractivity contribution >= 4 is 17.9 Å². The highest BCUT2D eigenvalue weighted by Gasteiger charge is 2.79. The minimum absolute atomic E-state index is 0.145. The minimum atomic E-state index is -1.39. The van der Waals surface area contributed by atoms with E-state index in [0.717, 1.165) is 0 Å². The largest absolute Gasteiger partial charge is 0.465 e. The van der Waals surface area contributed by atoms with Gasteiger partial charge in [-0.15, -0.1) is 0 Å². The van der Waals surface area contributed by atoms with Gasteiger partial charge in [-0.2, -0.15) is 0 Å². The molecule has 6 rings (SSSR count). The summed E-state index contributed by atoms with van der Waals surface area (Å²) in [6, 6.07) is 1.58. The van der Waals surface area contributed by atoms with E-state index in [9.17, 15) is 19.5 Å². The smallest absolute Gasteiger partial charge is 0.345 e. The lowest BCUT2D eigenvalue weighted by Crippen LogP contribution is -2.48. The van der Waals surface area contributed by atoms with Crippen LogP contribution in [0.4, 0.5) is 0 Å². The van der Waals surface area contributed by atoms with Crippen molar-refractivity contribution in [3.8, 4) is 0 Å². The van der Waals surface area contributed by atoms with Crippen molar-refractivity contribution in [1.82, 2.24) is 0 Å². The van der Waals surface area contributed by atoms with Crippen molar-refractivity contribution in [2.24, 2.45) is 5.92 Å². The van der Waals surface area contributed by atoms with Gasteiger partial charge in [0, 0.05) is 13.3 Å². The Morgan fingerprint density at radius 2 is 2.06 bits per heavy atom. The van der Waals surface area contributed by atoms with E-state index in [0.29, 0.717) is 17.8 Å². The zero-order valence-electron chi connectivity index (χ0n) is 18.4. The third-order valence-electron chi connectivity index (χ3n) is 7.72. The van der Waals surface area contributed by atoms with E-state index in [2.05, 4.69) is 6.58 Å². The van der Waals surface area contributed by atoms with Crippen LogP contribution in [0.15, 0.2) is 22.6 Å². The molecule has 1 aliphatic carbocycles. The topological polar surface area (TPSA) is 137 Å². The zero-order valence-corrected chi connectivity index (χ0v) is 18.4. The molecule has 1 saturated carbocycles. The van der Waals surface area contributed by atoms with Gasteiger partial charge in [0.15, 0.2) is 0 Å². The van der Waals surface area contributed by atoms with Crippen LogP contribution in [-0.4, -0.2) is 65.7 Å². The molecule has 0 spiro atoms. The summed E-state index contributed by atoms with van der Waals surface area (Å²) in [7, 11) is 1.27. The molecule has 1 aromatic heterocycles. The summed E-state index contributed by atoms with van der Waals surface area (Å²) in [5.74, 6) is -2.14. The Kier molecular flexibility index (Phi) is 4.09. The maximum atomic E-state index is 12.9. The highest BCUT2D eigenvalue weighted by Crippen LogP contribution is 2.61. The Balaban J connectivity index is 1.47. The number of aliphatic hydroxyl groups excluding tert-OH is 1. The molecule has 0 aromatic carbocycles. The number of aliphatic hydroxyl groups is 1. The number of hydrogen-bond donors (Lipinski definition) is 1. The Labute approximate surface area is 188 Å². The molecule has 0 unspecified atom stereocenters. The first-order valence-corrected chi connectivity index (χ1v) is 10.9. The molecule has 0 radical (unpaired) electrons. The van der Waals surface area contributed by atoms with Crippen LogP contribution >= 0.6 is 0 Å². The molecule has 10 nitrogen and oxygen atoms in total. The van der Waals surface area contributed by atoms with E-state index in [1.807, 2.05) is 6.92 Å². The van der Waals surface area contributed by atoms with Crippen LogP contribution < -0.4 is 0 Å². The number of epoxide rings is 2. The second kappa shape index (κ2) is 6.46. The molecule has 176 valence electrons. The van der Waals surface area contributed by atoms with E-state index in [4.69, 9.17) is 28.1 Å². The van der Waals surface area contributed by atoms with E-state index in [-0.39, 0.29) is 17.7 Å². The number of methoxy groups -OCH3 is 1. The molecule has 5 heterocycles. The maximum Gasteiger partial charge on any atom is 0.345 e. The van der Waals surface area contributed by atoms with Crippen LogP contribution in [0.2, 0.25) is 0 Å². The molecule has 1 N–H and O–H groups in total. The molecule has 0 amide bonds. The van der Waals surface area contributed by atoms with Crippen molar-refractivity contribution in [3.63, 3.8) is 0 Å². The summed E-state index contributed by atoms with van der Waals surface area (Å²) in [6.07, 6.45) is -3.05. The monoisotopic (exact) mass is 460 g/mol. The summed E-state index contributed by atoms with van der Waals surface area (Å²) in [5.41, 5.74) is -1.41. The van der Waals surface area contributed by atoms with Gasteiger partial charge in [-0.25, -0.2) is 9.59 Å². The lowest BCUT2D eigenvalue weighted by Gasteiger charge is -2.44. The number of hydrogen-bond acceptors (Lipinski definition) is 10. The van der Waals surface area contributed by atoms with Gasteiger partial charge in [0.05, 0.1) is 19.1 Å².